The third-order valence-electron chi connectivity index (χ3n) is 3.83. The van der Waals surface area contributed by atoms with E-state index in [1.165, 1.54) is 6.07 Å². The SMILES string of the molecule is CCOC(C)c1noc(CNC(=NC)NCCCc2ccc(Br)cc2F)n1. The average Bonchev–Trinajstić information content (AvgIpc) is 3.12. The van der Waals surface area contributed by atoms with Crippen LogP contribution in [-0.4, -0.2) is 36.3 Å². The molecular weight excluding hydrogens is 417 g/mol. The Bertz CT molecular complexity index is 753. The van der Waals surface area contributed by atoms with Gasteiger partial charge in [-0.25, -0.2) is 4.39 Å². The third kappa shape index (κ3) is 6.91. The quantitative estimate of drug-likeness (QED) is 0.352. The first-order valence-corrected chi connectivity index (χ1v) is 9.65. The van der Waals surface area contributed by atoms with E-state index in [2.05, 4.69) is 41.7 Å². The zero-order chi connectivity index (χ0) is 19.6. The van der Waals surface area contributed by atoms with Gasteiger partial charge in [-0.15, -0.1) is 0 Å². The van der Waals surface area contributed by atoms with Crippen molar-refractivity contribution in [2.75, 3.05) is 20.2 Å². The van der Waals surface area contributed by atoms with Crippen molar-refractivity contribution in [2.45, 2.75) is 39.3 Å². The Morgan fingerprint density at radius 1 is 1.41 bits per heavy atom. The van der Waals surface area contributed by atoms with Crippen molar-refractivity contribution in [1.82, 2.24) is 20.8 Å². The van der Waals surface area contributed by atoms with Crippen molar-refractivity contribution in [3.8, 4) is 0 Å². The molecule has 9 heteroatoms. The second kappa shape index (κ2) is 11.0. The Kier molecular flexibility index (Phi) is 8.66. The lowest BCUT2D eigenvalue weighted by Crippen LogP contribution is -2.37. The monoisotopic (exact) mass is 441 g/mol. The molecule has 0 saturated heterocycles. The molecule has 0 saturated carbocycles. The van der Waals surface area contributed by atoms with Gasteiger partial charge in [0.2, 0.25) is 5.89 Å². The molecule has 7 nitrogen and oxygen atoms in total. The highest BCUT2D eigenvalue weighted by molar-refractivity contribution is 9.10. The fourth-order valence-electron chi connectivity index (χ4n) is 2.42. The molecule has 0 aliphatic rings. The Morgan fingerprint density at radius 3 is 2.93 bits per heavy atom. The largest absolute Gasteiger partial charge is 0.371 e. The van der Waals surface area contributed by atoms with Gasteiger partial charge in [0.1, 0.15) is 11.9 Å². The minimum atomic E-state index is -0.205. The summed E-state index contributed by atoms with van der Waals surface area (Å²) in [4.78, 5) is 8.44. The van der Waals surface area contributed by atoms with Crippen molar-refractivity contribution < 1.29 is 13.7 Å². The van der Waals surface area contributed by atoms with Gasteiger partial charge in [-0.2, -0.15) is 4.98 Å². The molecule has 0 bridgehead atoms. The average molecular weight is 442 g/mol. The van der Waals surface area contributed by atoms with E-state index in [-0.39, 0.29) is 11.9 Å². The van der Waals surface area contributed by atoms with Crippen LogP contribution < -0.4 is 10.6 Å². The first kappa shape index (κ1) is 21.3. The van der Waals surface area contributed by atoms with Crippen LogP contribution in [0.15, 0.2) is 32.2 Å². The molecule has 1 unspecified atom stereocenters. The van der Waals surface area contributed by atoms with E-state index in [0.717, 1.165) is 10.9 Å². The molecule has 27 heavy (non-hydrogen) atoms. The zero-order valence-corrected chi connectivity index (χ0v) is 17.3. The number of aliphatic imine (C=N–C) groups is 1. The van der Waals surface area contributed by atoms with Crippen LogP contribution >= 0.6 is 15.9 Å². The molecular formula is C18H25BrFN5O2. The van der Waals surface area contributed by atoms with Gasteiger partial charge in [0.15, 0.2) is 11.8 Å². The molecule has 1 heterocycles. The highest BCUT2D eigenvalue weighted by Crippen LogP contribution is 2.16. The van der Waals surface area contributed by atoms with Gasteiger partial charge in [0.05, 0.1) is 6.54 Å². The van der Waals surface area contributed by atoms with Crippen LogP contribution in [0.4, 0.5) is 4.39 Å². The number of guanidine groups is 1. The number of rotatable bonds is 9. The molecule has 0 spiro atoms. The number of ether oxygens (including phenoxy) is 1. The fourth-order valence-corrected chi connectivity index (χ4v) is 2.75. The summed E-state index contributed by atoms with van der Waals surface area (Å²) < 4.78 is 25.2. The molecule has 0 radical (unpaired) electrons. The number of hydrogen-bond donors (Lipinski definition) is 2. The molecule has 1 atom stereocenters. The lowest BCUT2D eigenvalue weighted by molar-refractivity contribution is 0.0683. The summed E-state index contributed by atoms with van der Waals surface area (Å²) >= 11 is 3.26. The van der Waals surface area contributed by atoms with Crippen LogP contribution in [0.1, 0.15) is 43.7 Å². The van der Waals surface area contributed by atoms with Crippen LogP contribution in [0.3, 0.4) is 0 Å². The van der Waals surface area contributed by atoms with Gasteiger partial charge in [-0.3, -0.25) is 4.99 Å². The lowest BCUT2D eigenvalue weighted by Gasteiger charge is -2.10. The lowest BCUT2D eigenvalue weighted by atomic mass is 10.1. The van der Waals surface area contributed by atoms with Crippen LogP contribution in [0.2, 0.25) is 0 Å². The molecule has 1 aromatic heterocycles. The molecule has 2 rings (SSSR count). The second-order valence-electron chi connectivity index (χ2n) is 5.84. The van der Waals surface area contributed by atoms with Crippen LogP contribution in [0, 0.1) is 5.82 Å². The van der Waals surface area contributed by atoms with E-state index in [9.17, 15) is 4.39 Å². The minimum Gasteiger partial charge on any atom is -0.371 e. The summed E-state index contributed by atoms with van der Waals surface area (Å²) in [5.41, 5.74) is 0.699. The molecule has 0 aliphatic carbocycles. The van der Waals surface area contributed by atoms with Crippen LogP contribution in [0.25, 0.3) is 0 Å². The third-order valence-corrected chi connectivity index (χ3v) is 4.32. The molecule has 2 N–H and O–H groups in total. The van der Waals surface area contributed by atoms with Crippen LogP contribution in [-0.2, 0) is 17.7 Å². The van der Waals surface area contributed by atoms with Crippen molar-refractivity contribution in [1.29, 1.82) is 0 Å². The Balaban J connectivity index is 1.73. The summed E-state index contributed by atoms with van der Waals surface area (Å²) in [6.07, 6.45) is 1.21. The topological polar surface area (TPSA) is 84.6 Å². The molecule has 1 aromatic carbocycles. The summed E-state index contributed by atoms with van der Waals surface area (Å²) in [6, 6.07) is 5.12. The standard InChI is InChI=1S/C18H25BrFN5O2/c1-4-26-12(2)17-24-16(27-25-17)11-23-18(21-3)22-9-5-6-13-7-8-14(19)10-15(13)20/h7-8,10,12H,4-6,9,11H2,1-3H3,(H2,21,22,23). The Labute approximate surface area is 166 Å². The predicted octanol–water partition coefficient (Wildman–Crippen LogP) is 3.37. The summed E-state index contributed by atoms with van der Waals surface area (Å²) in [5, 5.41) is 10.2. The highest BCUT2D eigenvalue weighted by atomic mass is 79.9. The first-order valence-electron chi connectivity index (χ1n) is 8.86. The first-order chi connectivity index (χ1) is 13.0. The van der Waals surface area contributed by atoms with Crippen molar-refractivity contribution in [2.24, 2.45) is 4.99 Å². The molecule has 0 amide bonds. The van der Waals surface area contributed by atoms with Gasteiger partial charge >= 0.3 is 0 Å². The number of aryl methyl sites for hydroxylation is 1. The Hall–Kier alpha value is -2.00. The molecule has 0 aliphatic heterocycles. The Morgan fingerprint density at radius 2 is 2.22 bits per heavy atom. The smallest absolute Gasteiger partial charge is 0.246 e. The molecule has 2 aromatic rings. The number of benzene rings is 1. The highest BCUT2D eigenvalue weighted by Gasteiger charge is 2.13. The maximum atomic E-state index is 13.8. The summed E-state index contributed by atoms with van der Waals surface area (Å²) in [6.45, 7) is 5.39. The van der Waals surface area contributed by atoms with Crippen molar-refractivity contribution in [3.05, 3.63) is 45.8 Å². The molecule has 148 valence electrons. The summed E-state index contributed by atoms with van der Waals surface area (Å²) in [5.74, 6) is 1.40. The number of nitrogens with one attached hydrogen (secondary N) is 2. The fraction of sp³-hybridized carbons (Fsp3) is 0.500. The zero-order valence-electron chi connectivity index (χ0n) is 15.8. The number of nitrogens with zero attached hydrogens (tertiary/aromatic N) is 3. The summed E-state index contributed by atoms with van der Waals surface area (Å²) in [7, 11) is 1.68. The second-order valence-corrected chi connectivity index (χ2v) is 6.75. The van der Waals surface area contributed by atoms with Crippen LogP contribution in [0.5, 0.6) is 0 Å². The van der Waals surface area contributed by atoms with Crippen molar-refractivity contribution in [3.63, 3.8) is 0 Å². The van der Waals surface area contributed by atoms with E-state index in [0.29, 0.717) is 49.4 Å². The maximum Gasteiger partial charge on any atom is 0.246 e. The van der Waals surface area contributed by atoms with Gasteiger partial charge in [-0.1, -0.05) is 27.2 Å². The van der Waals surface area contributed by atoms with Crippen molar-refractivity contribution >= 4 is 21.9 Å². The van der Waals surface area contributed by atoms with Gasteiger partial charge < -0.3 is 19.9 Å². The van der Waals surface area contributed by atoms with E-state index in [1.807, 2.05) is 19.9 Å². The van der Waals surface area contributed by atoms with Gasteiger partial charge in [0.25, 0.3) is 0 Å². The number of aromatic nitrogens is 2. The normalized spacial score (nSPS) is 12.9. The van der Waals surface area contributed by atoms with Gasteiger partial charge in [0, 0.05) is 24.7 Å². The minimum absolute atomic E-state index is 0.194. The van der Waals surface area contributed by atoms with Gasteiger partial charge in [-0.05, 0) is 44.4 Å². The maximum absolute atomic E-state index is 13.8. The number of halogens is 2. The van der Waals surface area contributed by atoms with E-state index in [1.54, 1.807) is 13.1 Å². The van der Waals surface area contributed by atoms with E-state index in [4.69, 9.17) is 9.26 Å². The van der Waals surface area contributed by atoms with E-state index >= 15 is 0 Å². The van der Waals surface area contributed by atoms with E-state index < -0.39 is 0 Å². The number of hydrogen-bond acceptors (Lipinski definition) is 5. The molecule has 0 fully saturated rings. The predicted molar refractivity (Wildman–Crippen MR) is 105 cm³/mol.